The van der Waals surface area contributed by atoms with Crippen molar-refractivity contribution in [1.29, 1.82) is 5.26 Å². The van der Waals surface area contributed by atoms with E-state index in [-0.39, 0.29) is 6.61 Å². The highest BCUT2D eigenvalue weighted by molar-refractivity contribution is 5.36. The third-order valence-electron chi connectivity index (χ3n) is 3.27. The first-order valence-corrected chi connectivity index (χ1v) is 7.11. The maximum absolute atomic E-state index is 9.91. The van der Waals surface area contributed by atoms with Gasteiger partial charge in [0.05, 0.1) is 11.6 Å². The van der Waals surface area contributed by atoms with Gasteiger partial charge in [0.1, 0.15) is 18.5 Å². The summed E-state index contributed by atoms with van der Waals surface area (Å²) in [6, 6.07) is 9.41. The zero-order valence-electron chi connectivity index (χ0n) is 12.5. The average Bonchev–Trinajstić information content (AvgIpc) is 2.45. The SMILES string of the molecule is CCC(NCC(O)COc1cccc(C#N)c1)C(C)C. The number of hydrogen-bond donors (Lipinski definition) is 2. The summed E-state index contributed by atoms with van der Waals surface area (Å²) in [6.07, 6.45) is 0.476. The van der Waals surface area contributed by atoms with Gasteiger partial charge in [-0.25, -0.2) is 0 Å². The van der Waals surface area contributed by atoms with Crippen LogP contribution in [0.1, 0.15) is 32.8 Å². The highest BCUT2D eigenvalue weighted by Gasteiger charge is 2.13. The van der Waals surface area contributed by atoms with E-state index in [4.69, 9.17) is 10.00 Å². The van der Waals surface area contributed by atoms with Crippen LogP contribution >= 0.6 is 0 Å². The lowest BCUT2D eigenvalue weighted by molar-refractivity contribution is 0.101. The number of hydrogen-bond acceptors (Lipinski definition) is 4. The number of rotatable bonds is 8. The van der Waals surface area contributed by atoms with Crippen molar-refractivity contribution in [3.05, 3.63) is 29.8 Å². The number of benzene rings is 1. The predicted molar refractivity (Wildman–Crippen MR) is 79.6 cm³/mol. The Morgan fingerprint density at radius 2 is 2.15 bits per heavy atom. The van der Waals surface area contributed by atoms with Crippen molar-refractivity contribution in [3.8, 4) is 11.8 Å². The van der Waals surface area contributed by atoms with Crippen LogP contribution in [0.15, 0.2) is 24.3 Å². The summed E-state index contributed by atoms with van der Waals surface area (Å²) in [5.41, 5.74) is 0.556. The second-order valence-corrected chi connectivity index (χ2v) is 5.27. The van der Waals surface area contributed by atoms with Crippen LogP contribution < -0.4 is 10.1 Å². The lowest BCUT2D eigenvalue weighted by Crippen LogP contribution is -2.40. The summed E-state index contributed by atoms with van der Waals surface area (Å²) < 4.78 is 5.50. The van der Waals surface area contributed by atoms with Gasteiger partial charge in [-0.2, -0.15) is 5.26 Å². The number of ether oxygens (including phenoxy) is 1. The molecule has 0 spiro atoms. The molecule has 0 saturated carbocycles. The largest absolute Gasteiger partial charge is 0.491 e. The molecule has 2 N–H and O–H groups in total. The first kappa shape index (κ1) is 16.5. The Balaban J connectivity index is 2.36. The lowest BCUT2D eigenvalue weighted by Gasteiger charge is -2.22. The minimum atomic E-state index is -0.562. The van der Waals surface area contributed by atoms with E-state index in [1.807, 2.05) is 0 Å². The maximum atomic E-state index is 9.91. The molecular weight excluding hydrogens is 252 g/mol. The van der Waals surface area contributed by atoms with Crippen LogP contribution in [-0.4, -0.2) is 30.4 Å². The van der Waals surface area contributed by atoms with E-state index in [2.05, 4.69) is 32.2 Å². The molecule has 20 heavy (non-hydrogen) atoms. The number of aliphatic hydroxyl groups is 1. The van der Waals surface area contributed by atoms with E-state index in [0.717, 1.165) is 6.42 Å². The van der Waals surface area contributed by atoms with Crippen molar-refractivity contribution in [1.82, 2.24) is 5.32 Å². The molecular formula is C16H24N2O2. The fraction of sp³-hybridized carbons (Fsp3) is 0.562. The third kappa shape index (κ3) is 5.60. The summed E-state index contributed by atoms with van der Waals surface area (Å²) in [7, 11) is 0. The first-order valence-electron chi connectivity index (χ1n) is 7.11. The summed E-state index contributed by atoms with van der Waals surface area (Å²) in [5, 5.41) is 22.1. The molecule has 2 unspecified atom stereocenters. The second kappa shape index (κ2) is 8.57. The van der Waals surface area contributed by atoms with Gasteiger partial charge in [-0.3, -0.25) is 0 Å². The molecule has 0 heterocycles. The lowest BCUT2D eigenvalue weighted by atomic mass is 10.0. The van der Waals surface area contributed by atoms with Gasteiger partial charge in [-0.1, -0.05) is 26.8 Å². The molecule has 1 aromatic rings. The molecule has 4 heteroatoms. The van der Waals surface area contributed by atoms with Gasteiger partial charge in [0.25, 0.3) is 0 Å². The van der Waals surface area contributed by atoms with Crippen molar-refractivity contribution in [2.24, 2.45) is 5.92 Å². The van der Waals surface area contributed by atoms with Crippen LogP contribution in [0, 0.1) is 17.2 Å². The van der Waals surface area contributed by atoms with Gasteiger partial charge >= 0.3 is 0 Å². The van der Waals surface area contributed by atoms with E-state index in [1.54, 1.807) is 24.3 Å². The van der Waals surface area contributed by atoms with Crippen molar-refractivity contribution in [2.75, 3.05) is 13.2 Å². The quantitative estimate of drug-likeness (QED) is 0.765. The van der Waals surface area contributed by atoms with E-state index in [1.165, 1.54) is 0 Å². The second-order valence-electron chi connectivity index (χ2n) is 5.27. The number of aliphatic hydroxyl groups excluding tert-OH is 1. The highest BCUT2D eigenvalue weighted by atomic mass is 16.5. The smallest absolute Gasteiger partial charge is 0.120 e. The van der Waals surface area contributed by atoms with Gasteiger partial charge in [0.15, 0.2) is 0 Å². The van der Waals surface area contributed by atoms with Crippen LogP contribution in [0.4, 0.5) is 0 Å². The standard InChI is InChI=1S/C16H24N2O2/c1-4-16(12(2)3)18-10-14(19)11-20-15-7-5-6-13(8-15)9-17/h5-8,12,14,16,18-19H,4,10-11H2,1-3H3. The highest BCUT2D eigenvalue weighted by Crippen LogP contribution is 2.12. The third-order valence-corrected chi connectivity index (χ3v) is 3.27. The van der Waals surface area contributed by atoms with Gasteiger partial charge in [-0.15, -0.1) is 0 Å². The summed E-state index contributed by atoms with van der Waals surface area (Å²) in [6.45, 7) is 7.19. The molecule has 1 rings (SSSR count). The molecule has 4 nitrogen and oxygen atoms in total. The van der Waals surface area contributed by atoms with E-state index >= 15 is 0 Å². The van der Waals surface area contributed by atoms with Crippen molar-refractivity contribution in [3.63, 3.8) is 0 Å². The molecule has 0 aliphatic rings. The Hall–Kier alpha value is -1.57. The Bertz CT molecular complexity index is 440. The van der Waals surface area contributed by atoms with Gasteiger partial charge in [0.2, 0.25) is 0 Å². The summed E-state index contributed by atoms with van der Waals surface area (Å²) in [4.78, 5) is 0. The Kier molecular flexibility index (Phi) is 7.06. The van der Waals surface area contributed by atoms with Gasteiger partial charge in [-0.05, 0) is 30.5 Å². The molecule has 0 aliphatic heterocycles. The molecule has 2 atom stereocenters. The zero-order chi connectivity index (χ0) is 15.0. The topological polar surface area (TPSA) is 65.3 Å². The molecule has 0 amide bonds. The first-order chi connectivity index (χ1) is 9.56. The zero-order valence-corrected chi connectivity index (χ0v) is 12.5. The predicted octanol–water partition coefficient (Wildman–Crippen LogP) is 2.32. The van der Waals surface area contributed by atoms with Gasteiger partial charge in [0, 0.05) is 12.6 Å². The molecule has 0 aromatic heterocycles. The molecule has 0 saturated heterocycles. The summed E-state index contributed by atoms with van der Waals surface area (Å²) in [5.74, 6) is 1.15. The fourth-order valence-electron chi connectivity index (χ4n) is 2.05. The Labute approximate surface area is 121 Å². The van der Waals surface area contributed by atoms with Crippen molar-refractivity contribution in [2.45, 2.75) is 39.3 Å². The molecule has 1 aromatic carbocycles. The van der Waals surface area contributed by atoms with E-state index < -0.39 is 6.10 Å². The van der Waals surface area contributed by atoms with E-state index in [0.29, 0.717) is 29.8 Å². The molecule has 0 radical (unpaired) electrons. The maximum Gasteiger partial charge on any atom is 0.120 e. The van der Waals surface area contributed by atoms with Crippen molar-refractivity contribution >= 4 is 0 Å². The molecule has 0 bridgehead atoms. The molecule has 0 fully saturated rings. The average molecular weight is 276 g/mol. The van der Waals surface area contributed by atoms with Crippen LogP contribution in [0.25, 0.3) is 0 Å². The van der Waals surface area contributed by atoms with E-state index in [9.17, 15) is 5.11 Å². The number of nitriles is 1. The van der Waals surface area contributed by atoms with Crippen LogP contribution in [0.3, 0.4) is 0 Å². The van der Waals surface area contributed by atoms with Crippen LogP contribution in [-0.2, 0) is 0 Å². The monoisotopic (exact) mass is 276 g/mol. The minimum Gasteiger partial charge on any atom is -0.491 e. The van der Waals surface area contributed by atoms with Crippen LogP contribution in [0.5, 0.6) is 5.75 Å². The normalized spacial score (nSPS) is 13.8. The van der Waals surface area contributed by atoms with Gasteiger partial charge < -0.3 is 15.2 Å². The number of nitrogens with zero attached hydrogens (tertiary/aromatic N) is 1. The Morgan fingerprint density at radius 1 is 1.40 bits per heavy atom. The summed E-state index contributed by atoms with van der Waals surface area (Å²) >= 11 is 0. The molecule has 0 aliphatic carbocycles. The van der Waals surface area contributed by atoms with Crippen LogP contribution in [0.2, 0.25) is 0 Å². The molecule has 110 valence electrons. The Morgan fingerprint density at radius 3 is 2.75 bits per heavy atom. The number of nitrogens with one attached hydrogen (secondary N) is 1. The fourth-order valence-corrected chi connectivity index (χ4v) is 2.05. The minimum absolute atomic E-state index is 0.219. The van der Waals surface area contributed by atoms with Crippen molar-refractivity contribution < 1.29 is 9.84 Å².